The van der Waals surface area contributed by atoms with Crippen molar-refractivity contribution >= 4 is 13.7 Å². The first-order valence-corrected chi connectivity index (χ1v) is 23.5. The number of rotatable bonds is 41. The van der Waals surface area contributed by atoms with E-state index < -0.39 is 20.0 Å². The van der Waals surface area contributed by atoms with E-state index in [1.807, 2.05) is 6.08 Å². The highest BCUT2D eigenvalue weighted by Gasteiger charge is 2.26. The van der Waals surface area contributed by atoms with Gasteiger partial charge in [0.05, 0.1) is 25.4 Å². The van der Waals surface area contributed by atoms with Gasteiger partial charge in [0.25, 0.3) is 0 Å². The largest absolute Gasteiger partial charge is 0.472 e. The quantitative estimate of drug-likeness (QED) is 0.0277. The smallest absolute Gasteiger partial charge is 0.387 e. The number of phosphoric ester groups is 1. The first kappa shape index (κ1) is 51.0. The zero-order valence-electron chi connectivity index (χ0n) is 34.1. The van der Waals surface area contributed by atoms with Crippen LogP contribution in [0, 0.1) is 0 Å². The monoisotopic (exact) mass is 757 g/mol. The maximum Gasteiger partial charge on any atom is 0.472 e. The molecule has 1 amide bonds. The second kappa shape index (κ2) is 39.7. The summed E-state index contributed by atoms with van der Waals surface area (Å²) in [6.45, 7) is 4.12. The molecular weight excluding hydrogens is 671 g/mol. The van der Waals surface area contributed by atoms with E-state index >= 15 is 0 Å². The van der Waals surface area contributed by atoms with Crippen molar-refractivity contribution in [2.75, 3.05) is 19.8 Å². The minimum absolute atomic E-state index is 0.0758. The number of amides is 1. The molecule has 0 aliphatic carbocycles. The molecule has 8 nitrogen and oxygen atoms in total. The highest BCUT2D eigenvalue weighted by Crippen LogP contribution is 2.43. The number of carbonyl (C=O) groups is 1. The van der Waals surface area contributed by atoms with Crippen molar-refractivity contribution in [3.63, 3.8) is 0 Å². The summed E-state index contributed by atoms with van der Waals surface area (Å²) in [5.41, 5.74) is 5.37. The molecule has 5 N–H and O–H groups in total. The van der Waals surface area contributed by atoms with E-state index in [1.54, 1.807) is 6.08 Å². The maximum absolute atomic E-state index is 12.7. The highest BCUT2D eigenvalue weighted by atomic mass is 31.2. The molecule has 0 aliphatic rings. The molecule has 0 aromatic heterocycles. The standard InChI is InChI=1S/C43H85N2O6P/c1-3-5-7-9-11-13-15-17-18-19-20-21-22-23-25-27-29-31-33-35-37-43(47)45-41(40-51-52(48,49)50-39-38-44)42(46)36-34-32-30-28-26-24-16-14-12-10-8-6-4-2/h26,28,34,36,41-42,46H,3-25,27,29-33,35,37-40,44H2,1-2H3,(H,45,47)(H,48,49)/b28-26+,36-34+. The van der Waals surface area contributed by atoms with Crippen LogP contribution in [0.4, 0.5) is 0 Å². The number of hydrogen-bond acceptors (Lipinski definition) is 6. The summed E-state index contributed by atoms with van der Waals surface area (Å²) in [5, 5.41) is 13.6. The fourth-order valence-corrected chi connectivity index (χ4v) is 7.20. The van der Waals surface area contributed by atoms with Crippen LogP contribution >= 0.6 is 7.82 Å². The van der Waals surface area contributed by atoms with Crippen molar-refractivity contribution in [1.29, 1.82) is 0 Å². The van der Waals surface area contributed by atoms with Crippen molar-refractivity contribution in [1.82, 2.24) is 5.32 Å². The predicted octanol–water partition coefficient (Wildman–Crippen LogP) is 12.2. The molecule has 0 saturated heterocycles. The summed E-state index contributed by atoms with van der Waals surface area (Å²) in [7, 11) is -4.34. The number of nitrogens with two attached hydrogens (primary N) is 1. The van der Waals surface area contributed by atoms with Crippen LogP contribution in [0.5, 0.6) is 0 Å². The molecule has 3 unspecified atom stereocenters. The van der Waals surface area contributed by atoms with Gasteiger partial charge in [0.1, 0.15) is 0 Å². The lowest BCUT2D eigenvalue weighted by Gasteiger charge is -2.23. The lowest BCUT2D eigenvalue weighted by molar-refractivity contribution is -0.123. The maximum atomic E-state index is 12.7. The Morgan fingerprint density at radius 2 is 1.02 bits per heavy atom. The van der Waals surface area contributed by atoms with Crippen LogP contribution in [-0.2, 0) is 18.4 Å². The van der Waals surface area contributed by atoms with Crippen LogP contribution in [-0.4, -0.2) is 47.8 Å². The Morgan fingerprint density at radius 3 is 1.48 bits per heavy atom. The normalized spacial score (nSPS) is 14.3. The summed E-state index contributed by atoms with van der Waals surface area (Å²) in [6.07, 6.45) is 45.2. The molecule has 0 saturated carbocycles. The number of phosphoric acid groups is 1. The van der Waals surface area contributed by atoms with E-state index in [1.165, 1.54) is 154 Å². The first-order valence-electron chi connectivity index (χ1n) is 22.0. The molecule has 308 valence electrons. The molecule has 0 bridgehead atoms. The molecule has 0 radical (unpaired) electrons. The van der Waals surface area contributed by atoms with Gasteiger partial charge >= 0.3 is 7.82 Å². The van der Waals surface area contributed by atoms with Gasteiger partial charge < -0.3 is 21.1 Å². The van der Waals surface area contributed by atoms with Crippen molar-refractivity contribution in [3.05, 3.63) is 24.3 Å². The molecular formula is C43H85N2O6P. The number of aliphatic hydroxyl groups excluding tert-OH is 1. The van der Waals surface area contributed by atoms with Gasteiger partial charge in [-0.25, -0.2) is 4.57 Å². The molecule has 3 atom stereocenters. The number of aliphatic hydroxyl groups is 1. The van der Waals surface area contributed by atoms with E-state index in [0.29, 0.717) is 6.42 Å². The summed E-state index contributed by atoms with van der Waals surface area (Å²) in [4.78, 5) is 22.7. The van der Waals surface area contributed by atoms with Crippen LogP contribution in [0.2, 0.25) is 0 Å². The average molecular weight is 757 g/mol. The highest BCUT2D eigenvalue weighted by molar-refractivity contribution is 7.47. The van der Waals surface area contributed by atoms with Crippen molar-refractivity contribution in [3.8, 4) is 0 Å². The Labute approximate surface area is 321 Å². The van der Waals surface area contributed by atoms with Gasteiger partial charge in [0.2, 0.25) is 5.91 Å². The Bertz CT molecular complexity index is 871. The summed E-state index contributed by atoms with van der Waals surface area (Å²) < 4.78 is 22.1. The number of unbranched alkanes of at least 4 members (excludes halogenated alkanes) is 27. The van der Waals surface area contributed by atoms with Crippen molar-refractivity contribution in [2.45, 2.75) is 225 Å². The molecule has 0 aromatic rings. The minimum atomic E-state index is -4.34. The van der Waals surface area contributed by atoms with E-state index in [0.717, 1.165) is 38.5 Å². The van der Waals surface area contributed by atoms with Gasteiger partial charge in [0.15, 0.2) is 0 Å². The SMILES string of the molecule is CCCCCCCCC/C=C/CC/C=C/C(O)C(COP(=O)(O)OCCN)NC(=O)CCCCCCCCCCCCCCCCCCCCCC. The Kier molecular flexibility index (Phi) is 38.9. The van der Waals surface area contributed by atoms with Crippen molar-refractivity contribution < 1.29 is 28.4 Å². The van der Waals surface area contributed by atoms with E-state index in [-0.39, 0.29) is 25.7 Å². The second-order valence-electron chi connectivity index (χ2n) is 14.9. The van der Waals surface area contributed by atoms with Crippen LogP contribution in [0.1, 0.15) is 213 Å². The summed E-state index contributed by atoms with van der Waals surface area (Å²) >= 11 is 0. The first-order chi connectivity index (χ1) is 25.4. The van der Waals surface area contributed by atoms with Gasteiger partial charge in [-0.05, 0) is 32.1 Å². The third kappa shape index (κ3) is 37.3. The van der Waals surface area contributed by atoms with E-state index in [9.17, 15) is 19.4 Å². The summed E-state index contributed by atoms with van der Waals surface area (Å²) in [6, 6.07) is -0.872. The molecule has 52 heavy (non-hydrogen) atoms. The number of allylic oxidation sites excluding steroid dienone is 3. The Morgan fingerprint density at radius 1 is 0.615 bits per heavy atom. The average Bonchev–Trinajstić information content (AvgIpc) is 3.13. The van der Waals surface area contributed by atoms with Crippen LogP contribution < -0.4 is 11.1 Å². The molecule has 0 aliphatic heterocycles. The lowest BCUT2D eigenvalue weighted by Crippen LogP contribution is -2.45. The van der Waals surface area contributed by atoms with E-state index in [4.69, 9.17) is 14.8 Å². The molecule has 9 heteroatoms. The van der Waals surface area contributed by atoms with Gasteiger partial charge in [-0.1, -0.05) is 199 Å². The minimum Gasteiger partial charge on any atom is -0.387 e. The fraction of sp³-hybridized carbons (Fsp3) is 0.884. The molecule has 0 rings (SSSR count). The topological polar surface area (TPSA) is 131 Å². The Balaban J connectivity index is 4.16. The van der Waals surface area contributed by atoms with Gasteiger partial charge in [-0.15, -0.1) is 0 Å². The zero-order valence-corrected chi connectivity index (χ0v) is 35.0. The van der Waals surface area contributed by atoms with Gasteiger partial charge in [-0.3, -0.25) is 13.8 Å². The third-order valence-electron chi connectivity index (χ3n) is 9.78. The molecule has 0 heterocycles. The number of hydrogen-bond donors (Lipinski definition) is 4. The lowest BCUT2D eigenvalue weighted by atomic mass is 10.0. The predicted molar refractivity (Wildman–Crippen MR) is 221 cm³/mol. The second-order valence-corrected chi connectivity index (χ2v) is 16.4. The molecule has 0 aromatic carbocycles. The molecule has 0 fully saturated rings. The van der Waals surface area contributed by atoms with Crippen molar-refractivity contribution in [2.24, 2.45) is 5.73 Å². The number of carbonyl (C=O) groups excluding carboxylic acids is 1. The van der Waals surface area contributed by atoms with E-state index in [2.05, 4.69) is 31.3 Å². The van der Waals surface area contributed by atoms with Crippen LogP contribution in [0.15, 0.2) is 24.3 Å². The zero-order chi connectivity index (χ0) is 38.2. The molecule has 0 spiro atoms. The van der Waals surface area contributed by atoms with Crippen LogP contribution in [0.3, 0.4) is 0 Å². The van der Waals surface area contributed by atoms with Gasteiger partial charge in [-0.2, -0.15) is 0 Å². The Hall–Kier alpha value is -1.02. The third-order valence-corrected chi connectivity index (χ3v) is 10.8. The van der Waals surface area contributed by atoms with Gasteiger partial charge in [0, 0.05) is 13.0 Å². The number of nitrogens with one attached hydrogen (secondary N) is 1. The fourth-order valence-electron chi connectivity index (χ4n) is 6.44. The van der Waals surface area contributed by atoms with Crippen LogP contribution in [0.25, 0.3) is 0 Å². The summed E-state index contributed by atoms with van der Waals surface area (Å²) in [5.74, 6) is -0.201.